The minimum Gasteiger partial charge on any atom is -0.324 e. The van der Waals surface area contributed by atoms with Crippen LogP contribution in [0, 0.1) is 11.6 Å². The molecule has 0 saturated carbocycles. The number of halogens is 2. The third-order valence-electron chi connectivity index (χ3n) is 2.63. The lowest BCUT2D eigenvalue weighted by atomic mass is 10.3. The molecule has 5 nitrogen and oxygen atoms in total. The number of hydrogen-bond donors (Lipinski definition) is 2. The second-order valence-electron chi connectivity index (χ2n) is 4.08. The molecule has 0 saturated heterocycles. The average Bonchev–Trinajstić information content (AvgIpc) is 2.97. The standard InChI is InChI=1S/C13H8F2N4OS/c14-8-4-3-7(6-9(8)15)16-13-17-12(20)11(18-19-13)10-2-1-5-21-10/h1-6H,(H2,16,17,19,20). The minimum atomic E-state index is -0.995. The van der Waals surface area contributed by atoms with Gasteiger partial charge in [0, 0.05) is 11.8 Å². The Bertz CT molecular complexity index is 832. The molecule has 0 aliphatic heterocycles. The number of nitrogens with one attached hydrogen (secondary N) is 2. The van der Waals surface area contributed by atoms with E-state index in [1.54, 1.807) is 12.1 Å². The number of rotatable bonds is 3. The second kappa shape index (κ2) is 5.41. The van der Waals surface area contributed by atoms with Gasteiger partial charge in [0.15, 0.2) is 17.3 Å². The molecule has 0 unspecified atom stereocenters. The number of hydrogen-bond acceptors (Lipinski definition) is 5. The van der Waals surface area contributed by atoms with Gasteiger partial charge in [0.25, 0.3) is 5.56 Å². The summed E-state index contributed by atoms with van der Waals surface area (Å²) in [4.78, 5) is 15.1. The maximum absolute atomic E-state index is 13.1. The summed E-state index contributed by atoms with van der Waals surface area (Å²) in [5.74, 6) is -1.90. The number of aromatic amines is 1. The van der Waals surface area contributed by atoms with Gasteiger partial charge in [-0.05, 0) is 23.6 Å². The SMILES string of the molecule is O=c1[nH]c(Nc2ccc(F)c(F)c2)nnc1-c1cccs1. The van der Waals surface area contributed by atoms with Crippen LogP contribution in [0.5, 0.6) is 0 Å². The van der Waals surface area contributed by atoms with Gasteiger partial charge in [-0.15, -0.1) is 21.5 Å². The Balaban J connectivity index is 1.89. The van der Waals surface area contributed by atoms with Gasteiger partial charge in [0.2, 0.25) is 5.95 Å². The molecule has 3 rings (SSSR count). The van der Waals surface area contributed by atoms with Crippen molar-refractivity contribution in [3.63, 3.8) is 0 Å². The van der Waals surface area contributed by atoms with Crippen LogP contribution >= 0.6 is 11.3 Å². The van der Waals surface area contributed by atoms with Crippen molar-refractivity contribution < 1.29 is 8.78 Å². The lowest BCUT2D eigenvalue weighted by molar-refractivity contribution is 0.509. The van der Waals surface area contributed by atoms with Crippen LogP contribution in [-0.2, 0) is 0 Å². The maximum Gasteiger partial charge on any atom is 0.280 e. The molecule has 21 heavy (non-hydrogen) atoms. The fourth-order valence-corrected chi connectivity index (χ4v) is 2.38. The zero-order valence-electron chi connectivity index (χ0n) is 10.4. The average molecular weight is 306 g/mol. The van der Waals surface area contributed by atoms with Crippen LogP contribution in [0.4, 0.5) is 20.4 Å². The van der Waals surface area contributed by atoms with Gasteiger partial charge < -0.3 is 5.32 Å². The molecular formula is C13H8F2N4OS. The van der Waals surface area contributed by atoms with Crippen LogP contribution in [0.1, 0.15) is 0 Å². The number of H-pyrrole nitrogens is 1. The van der Waals surface area contributed by atoms with Gasteiger partial charge >= 0.3 is 0 Å². The molecule has 2 N–H and O–H groups in total. The third-order valence-corrected chi connectivity index (χ3v) is 3.51. The van der Waals surface area contributed by atoms with E-state index >= 15 is 0 Å². The largest absolute Gasteiger partial charge is 0.324 e. The van der Waals surface area contributed by atoms with Crippen molar-refractivity contribution in [1.29, 1.82) is 0 Å². The van der Waals surface area contributed by atoms with Crippen molar-refractivity contribution in [2.75, 3.05) is 5.32 Å². The Morgan fingerprint density at radius 1 is 1.14 bits per heavy atom. The molecule has 3 aromatic rings. The van der Waals surface area contributed by atoms with Crippen LogP contribution in [0.3, 0.4) is 0 Å². The zero-order valence-corrected chi connectivity index (χ0v) is 11.2. The molecule has 0 spiro atoms. The van der Waals surface area contributed by atoms with Gasteiger partial charge in [0.1, 0.15) is 0 Å². The summed E-state index contributed by atoms with van der Waals surface area (Å²) >= 11 is 1.37. The lowest BCUT2D eigenvalue weighted by Gasteiger charge is -2.05. The zero-order chi connectivity index (χ0) is 14.8. The summed E-state index contributed by atoms with van der Waals surface area (Å²) in [6.45, 7) is 0. The van der Waals surface area contributed by atoms with Crippen LogP contribution in [-0.4, -0.2) is 15.2 Å². The monoisotopic (exact) mass is 306 g/mol. The highest BCUT2D eigenvalue weighted by atomic mass is 32.1. The molecule has 2 heterocycles. The van der Waals surface area contributed by atoms with Crippen LogP contribution in [0.15, 0.2) is 40.5 Å². The third kappa shape index (κ3) is 2.79. The van der Waals surface area contributed by atoms with Gasteiger partial charge in [-0.2, -0.15) is 0 Å². The van der Waals surface area contributed by atoms with E-state index in [1.165, 1.54) is 17.4 Å². The maximum atomic E-state index is 13.1. The molecule has 0 atom stereocenters. The lowest BCUT2D eigenvalue weighted by Crippen LogP contribution is -2.15. The Hall–Kier alpha value is -2.61. The first-order chi connectivity index (χ1) is 10.1. The molecule has 8 heteroatoms. The smallest absolute Gasteiger partial charge is 0.280 e. The van der Waals surface area contributed by atoms with Crippen LogP contribution in [0.2, 0.25) is 0 Å². The van der Waals surface area contributed by atoms with Crippen LogP contribution < -0.4 is 10.9 Å². The summed E-state index contributed by atoms with van der Waals surface area (Å²) in [5, 5.41) is 12.1. The van der Waals surface area contributed by atoms with E-state index in [9.17, 15) is 13.6 Å². The Morgan fingerprint density at radius 3 is 2.67 bits per heavy atom. The molecule has 0 radical (unpaired) electrons. The quantitative estimate of drug-likeness (QED) is 0.780. The number of anilines is 2. The summed E-state index contributed by atoms with van der Waals surface area (Å²) in [6, 6.07) is 6.82. The normalized spacial score (nSPS) is 10.6. The number of thiophene rings is 1. The Morgan fingerprint density at radius 2 is 2.00 bits per heavy atom. The highest BCUT2D eigenvalue weighted by molar-refractivity contribution is 7.13. The van der Waals surface area contributed by atoms with E-state index in [4.69, 9.17) is 0 Å². The van der Waals surface area contributed by atoms with E-state index < -0.39 is 17.2 Å². The van der Waals surface area contributed by atoms with Crippen molar-refractivity contribution >= 4 is 23.0 Å². The number of nitrogens with zero attached hydrogens (tertiary/aromatic N) is 2. The summed E-state index contributed by atoms with van der Waals surface area (Å²) in [5.41, 5.74) is 0.0427. The first-order valence-electron chi connectivity index (χ1n) is 5.86. The molecule has 106 valence electrons. The summed E-state index contributed by atoms with van der Waals surface area (Å²) < 4.78 is 25.9. The van der Waals surface area contributed by atoms with Gasteiger partial charge in [-0.25, -0.2) is 8.78 Å². The minimum absolute atomic E-state index is 0.0475. The molecule has 1 aromatic carbocycles. The summed E-state index contributed by atoms with van der Waals surface area (Å²) in [6.07, 6.45) is 0. The topological polar surface area (TPSA) is 70.7 Å². The number of benzene rings is 1. The number of aromatic nitrogens is 3. The van der Waals surface area contributed by atoms with Crippen molar-refractivity contribution in [2.24, 2.45) is 0 Å². The van der Waals surface area contributed by atoms with E-state index in [-0.39, 0.29) is 17.3 Å². The molecule has 2 aromatic heterocycles. The molecular weight excluding hydrogens is 298 g/mol. The molecule has 0 aliphatic carbocycles. The first kappa shape index (κ1) is 13.4. The van der Waals surface area contributed by atoms with Crippen LogP contribution in [0.25, 0.3) is 10.6 Å². The first-order valence-corrected chi connectivity index (χ1v) is 6.74. The Kier molecular flexibility index (Phi) is 3.44. The van der Waals surface area contributed by atoms with Crippen molar-refractivity contribution in [3.05, 3.63) is 57.7 Å². The molecule has 0 aliphatic rings. The predicted molar refractivity (Wildman–Crippen MR) is 75.6 cm³/mol. The highest BCUT2D eigenvalue weighted by Gasteiger charge is 2.09. The molecule has 0 amide bonds. The van der Waals surface area contributed by atoms with E-state index in [0.717, 1.165) is 12.1 Å². The highest BCUT2D eigenvalue weighted by Crippen LogP contribution is 2.19. The van der Waals surface area contributed by atoms with E-state index in [2.05, 4.69) is 20.5 Å². The Labute approximate surface area is 121 Å². The van der Waals surface area contributed by atoms with Gasteiger partial charge in [-0.1, -0.05) is 6.07 Å². The van der Waals surface area contributed by atoms with Gasteiger partial charge in [-0.3, -0.25) is 9.78 Å². The summed E-state index contributed by atoms with van der Waals surface area (Å²) in [7, 11) is 0. The fourth-order valence-electron chi connectivity index (χ4n) is 1.68. The van der Waals surface area contributed by atoms with Gasteiger partial charge in [0.05, 0.1) is 4.88 Å². The molecule has 0 fully saturated rings. The predicted octanol–water partition coefficient (Wildman–Crippen LogP) is 2.92. The van der Waals surface area contributed by atoms with E-state index in [0.29, 0.717) is 4.88 Å². The van der Waals surface area contributed by atoms with Crippen molar-refractivity contribution in [3.8, 4) is 10.6 Å². The second-order valence-corrected chi connectivity index (χ2v) is 5.03. The fraction of sp³-hybridized carbons (Fsp3) is 0. The molecule has 0 bridgehead atoms. The van der Waals surface area contributed by atoms with Crippen molar-refractivity contribution in [2.45, 2.75) is 0 Å². The van der Waals surface area contributed by atoms with Crippen molar-refractivity contribution in [1.82, 2.24) is 15.2 Å². The van der Waals surface area contributed by atoms with E-state index in [1.807, 2.05) is 5.38 Å².